The van der Waals surface area contributed by atoms with Crippen LogP contribution in [0.3, 0.4) is 0 Å². The van der Waals surface area contributed by atoms with Crippen molar-refractivity contribution < 1.29 is 13.9 Å². The molecule has 1 unspecified atom stereocenters. The fraction of sp³-hybridized carbons (Fsp3) is 0.647. The van der Waals surface area contributed by atoms with Crippen molar-refractivity contribution in [2.45, 2.75) is 51.7 Å². The lowest BCUT2D eigenvalue weighted by atomic mass is 9.83. The zero-order chi connectivity index (χ0) is 15.9. The molecule has 0 aliphatic carbocycles. The molecule has 0 aliphatic rings. The average Bonchev–Trinajstić information content (AvgIpc) is 2.52. The first-order valence-corrected chi connectivity index (χ1v) is 7.70. The number of halogens is 1. The van der Waals surface area contributed by atoms with Gasteiger partial charge in [0.25, 0.3) is 0 Å². The summed E-state index contributed by atoms with van der Waals surface area (Å²) in [5.74, 6) is 0.271. The fourth-order valence-electron chi connectivity index (χ4n) is 2.80. The molecule has 0 saturated heterocycles. The highest BCUT2D eigenvalue weighted by molar-refractivity contribution is 5.32. The molecule has 0 saturated carbocycles. The predicted octanol–water partition coefficient (Wildman–Crippen LogP) is 4.08. The Kier molecular flexibility index (Phi) is 7.12. The van der Waals surface area contributed by atoms with Gasteiger partial charge in [0.15, 0.2) is 0 Å². The molecule has 0 bridgehead atoms. The minimum Gasteiger partial charge on any atom is -0.497 e. The average molecular weight is 297 g/mol. The van der Waals surface area contributed by atoms with Crippen LogP contribution in [0.1, 0.15) is 51.6 Å². The van der Waals surface area contributed by atoms with Crippen LogP contribution in [-0.2, 0) is 4.74 Å². The zero-order valence-corrected chi connectivity index (χ0v) is 13.8. The third-order valence-electron chi connectivity index (χ3n) is 4.25. The Labute approximate surface area is 127 Å². The van der Waals surface area contributed by atoms with Crippen molar-refractivity contribution >= 4 is 0 Å². The first-order valence-electron chi connectivity index (χ1n) is 7.70. The number of rotatable bonds is 9. The van der Waals surface area contributed by atoms with E-state index < -0.39 is 5.60 Å². The lowest BCUT2D eigenvalue weighted by Gasteiger charge is -2.39. The molecule has 3 nitrogen and oxygen atoms in total. The summed E-state index contributed by atoms with van der Waals surface area (Å²) in [7, 11) is 3.24. The number of methoxy groups -OCH3 is 2. The molecule has 0 heterocycles. The largest absolute Gasteiger partial charge is 0.497 e. The first-order chi connectivity index (χ1) is 10.1. The molecule has 1 aromatic rings. The van der Waals surface area contributed by atoms with Gasteiger partial charge in [-0.05, 0) is 31.9 Å². The summed E-state index contributed by atoms with van der Waals surface area (Å²) in [5, 5.41) is 3.45. The van der Waals surface area contributed by atoms with E-state index in [0.29, 0.717) is 11.3 Å². The molecular formula is C17H28FNO2. The highest BCUT2D eigenvalue weighted by Gasteiger charge is 2.38. The number of nitrogens with one attached hydrogen (secondary N) is 1. The minimum atomic E-state index is -0.412. The molecule has 1 atom stereocenters. The van der Waals surface area contributed by atoms with Gasteiger partial charge in [-0.3, -0.25) is 0 Å². The van der Waals surface area contributed by atoms with Gasteiger partial charge in [0.05, 0.1) is 18.8 Å². The van der Waals surface area contributed by atoms with Crippen molar-refractivity contribution in [1.29, 1.82) is 0 Å². The van der Waals surface area contributed by atoms with Crippen molar-refractivity contribution in [3.8, 4) is 5.75 Å². The second-order valence-corrected chi connectivity index (χ2v) is 5.25. The first kappa shape index (κ1) is 17.9. The van der Waals surface area contributed by atoms with Gasteiger partial charge in [-0.25, -0.2) is 4.39 Å². The quantitative estimate of drug-likeness (QED) is 0.745. The van der Waals surface area contributed by atoms with Gasteiger partial charge in [-0.2, -0.15) is 0 Å². The summed E-state index contributed by atoms with van der Waals surface area (Å²) in [4.78, 5) is 0. The van der Waals surface area contributed by atoms with Crippen molar-refractivity contribution in [3.05, 3.63) is 29.6 Å². The van der Waals surface area contributed by atoms with Gasteiger partial charge in [0, 0.05) is 18.7 Å². The SMILES string of the molecule is CCCNC(c1ccc(OC)cc1F)C(CC)(CC)OC. The molecule has 1 N–H and O–H groups in total. The van der Waals surface area contributed by atoms with Crippen LogP contribution >= 0.6 is 0 Å². The van der Waals surface area contributed by atoms with Crippen molar-refractivity contribution in [3.63, 3.8) is 0 Å². The van der Waals surface area contributed by atoms with E-state index in [1.807, 2.05) is 0 Å². The van der Waals surface area contributed by atoms with E-state index >= 15 is 0 Å². The molecule has 0 spiro atoms. The number of hydrogen-bond donors (Lipinski definition) is 1. The molecule has 4 heteroatoms. The van der Waals surface area contributed by atoms with Crippen LogP contribution in [0.5, 0.6) is 5.75 Å². The minimum absolute atomic E-state index is 0.177. The van der Waals surface area contributed by atoms with Gasteiger partial charge < -0.3 is 14.8 Å². The smallest absolute Gasteiger partial charge is 0.131 e. The highest BCUT2D eigenvalue weighted by Crippen LogP contribution is 2.36. The van der Waals surface area contributed by atoms with E-state index in [9.17, 15) is 4.39 Å². The Morgan fingerprint density at radius 3 is 2.29 bits per heavy atom. The van der Waals surface area contributed by atoms with Crippen LogP contribution in [0.25, 0.3) is 0 Å². The zero-order valence-electron chi connectivity index (χ0n) is 13.8. The standard InChI is InChI=1S/C17H28FNO2/c1-6-11-19-16(17(7-2,8-3)21-5)14-10-9-13(20-4)12-15(14)18/h9-10,12,16,19H,6-8,11H2,1-5H3. The monoisotopic (exact) mass is 297 g/mol. The van der Waals surface area contributed by atoms with Gasteiger partial charge in [0.2, 0.25) is 0 Å². The Hall–Kier alpha value is -1.13. The van der Waals surface area contributed by atoms with Gasteiger partial charge in [0.1, 0.15) is 11.6 Å². The Bertz CT molecular complexity index is 425. The van der Waals surface area contributed by atoms with E-state index in [-0.39, 0.29) is 11.9 Å². The summed E-state index contributed by atoms with van der Waals surface area (Å²) in [6.07, 6.45) is 2.61. The van der Waals surface area contributed by atoms with Crippen LogP contribution in [0.2, 0.25) is 0 Å². The molecule has 0 fully saturated rings. The maximum Gasteiger partial charge on any atom is 0.131 e. The third-order valence-corrected chi connectivity index (χ3v) is 4.25. The number of ether oxygens (including phenoxy) is 2. The summed E-state index contributed by atoms with van der Waals surface area (Å²) in [6.45, 7) is 7.08. The molecule has 0 aromatic heterocycles. The Morgan fingerprint density at radius 1 is 1.19 bits per heavy atom. The van der Waals surface area contributed by atoms with Gasteiger partial charge >= 0.3 is 0 Å². The molecule has 0 radical (unpaired) electrons. The fourth-order valence-corrected chi connectivity index (χ4v) is 2.80. The summed E-state index contributed by atoms with van der Waals surface area (Å²) < 4.78 is 25.4. The van der Waals surface area contributed by atoms with Crippen LogP contribution in [0.4, 0.5) is 4.39 Å². The topological polar surface area (TPSA) is 30.5 Å². The lowest BCUT2D eigenvalue weighted by Crippen LogP contribution is -2.45. The maximum absolute atomic E-state index is 14.5. The molecule has 0 amide bonds. The molecule has 21 heavy (non-hydrogen) atoms. The highest BCUT2D eigenvalue weighted by atomic mass is 19.1. The van der Waals surface area contributed by atoms with E-state index in [1.165, 1.54) is 6.07 Å². The van der Waals surface area contributed by atoms with E-state index in [4.69, 9.17) is 9.47 Å². The van der Waals surface area contributed by atoms with Gasteiger partial charge in [-0.15, -0.1) is 0 Å². The van der Waals surface area contributed by atoms with Crippen LogP contribution in [-0.4, -0.2) is 26.4 Å². The van der Waals surface area contributed by atoms with E-state index in [2.05, 4.69) is 26.1 Å². The second-order valence-electron chi connectivity index (χ2n) is 5.25. The van der Waals surface area contributed by atoms with Crippen molar-refractivity contribution in [1.82, 2.24) is 5.32 Å². The maximum atomic E-state index is 14.5. The van der Waals surface area contributed by atoms with E-state index in [1.54, 1.807) is 26.4 Å². The number of hydrogen-bond acceptors (Lipinski definition) is 3. The summed E-state index contributed by atoms with van der Waals surface area (Å²) >= 11 is 0. The molecule has 0 aliphatic heterocycles. The van der Waals surface area contributed by atoms with Crippen LogP contribution in [0.15, 0.2) is 18.2 Å². The summed E-state index contributed by atoms with van der Waals surface area (Å²) in [6, 6.07) is 4.84. The van der Waals surface area contributed by atoms with E-state index in [0.717, 1.165) is 25.8 Å². The van der Waals surface area contributed by atoms with Crippen LogP contribution < -0.4 is 10.1 Å². The molecular weight excluding hydrogens is 269 g/mol. The summed E-state index contributed by atoms with van der Waals surface area (Å²) in [5.41, 5.74) is 0.222. The Morgan fingerprint density at radius 2 is 1.86 bits per heavy atom. The Balaban J connectivity index is 3.23. The predicted molar refractivity (Wildman–Crippen MR) is 84.3 cm³/mol. The van der Waals surface area contributed by atoms with Crippen LogP contribution in [0, 0.1) is 5.82 Å². The normalized spacial score (nSPS) is 13.2. The molecule has 120 valence electrons. The lowest BCUT2D eigenvalue weighted by molar-refractivity contribution is -0.0493. The third kappa shape index (κ3) is 3.95. The number of benzene rings is 1. The van der Waals surface area contributed by atoms with Gasteiger partial charge in [-0.1, -0.05) is 26.8 Å². The second kappa shape index (κ2) is 8.35. The van der Waals surface area contributed by atoms with Crippen molar-refractivity contribution in [2.24, 2.45) is 0 Å². The molecule has 1 aromatic carbocycles. The molecule has 1 rings (SSSR count). The van der Waals surface area contributed by atoms with Crippen molar-refractivity contribution in [2.75, 3.05) is 20.8 Å².